The molecule has 4 heteroatoms. The second kappa shape index (κ2) is 6.23. The van der Waals surface area contributed by atoms with Crippen LogP contribution >= 0.6 is 11.6 Å². The van der Waals surface area contributed by atoms with E-state index < -0.39 is 0 Å². The Balaban J connectivity index is 1.94. The minimum atomic E-state index is 0.198. The summed E-state index contributed by atoms with van der Waals surface area (Å²) in [6, 6.07) is 8.29. The quantitative estimate of drug-likeness (QED) is 0.845. The molecule has 0 atom stereocenters. The molecule has 1 aromatic heterocycles. The summed E-state index contributed by atoms with van der Waals surface area (Å²) in [7, 11) is 1.79. The maximum atomic E-state index is 12.1. The van der Waals surface area contributed by atoms with E-state index in [-0.39, 0.29) is 5.78 Å². The number of nitrogens with zero attached hydrogens (tertiary/aromatic N) is 2. The van der Waals surface area contributed by atoms with Gasteiger partial charge in [-0.2, -0.15) is 5.10 Å². The lowest BCUT2D eigenvalue weighted by Gasteiger charge is -2.03. The molecule has 2 aromatic rings. The van der Waals surface area contributed by atoms with E-state index in [0.29, 0.717) is 18.0 Å². The number of carbonyl (C=O) groups excluding carboxylic acids is 1. The van der Waals surface area contributed by atoms with Crippen LogP contribution < -0.4 is 0 Å². The van der Waals surface area contributed by atoms with E-state index in [9.17, 15) is 4.79 Å². The zero-order valence-corrected chi connectivity index (χ0v) is 12.9. The van der Waals surface area contributed by atoms with E-state index in [4.69, 9.17) is 11.6 Å². The van der Waals surface area contributed by atoms with Gasteiger partial charge in [-0.15, -0.1) is 0 Å². The second-order valence-corrected chi connectivity index (χ2v) is 5.54. The predicted molar refractivity (Wildman–Crippen MR) is 81.2 cm³/mol. The zero-order chi connectivity index (χ0) is 14.7. The first-order valence-electron chi connectivity index (χ1n) is 6.72. The van der Waals surface area contributed by atoms with Crippen LogP contribution in [0.5, 0.6) is 0 Å². The summed E-state index contributed by atoms with van der Waals surface area (Å²) >= 11 is 6.14. The molecule has 0 spiro atoms. The average molecular weight is 291 g/mol. The molecule has 1 aromatic carbocycles. The molecule has 0 unspecified atom stereocenters. The highest BCUT2D eigenvalue weighted by Gasteiger charge is 2.14. The van der Waals surface area contributed by atoms with Crippen LogP contribution in [0.15, 0.2) is 24.3 Å². The first-order valence-corrected chi connectivity index (χ1v) is 7.10. The summed E-state index contributed by atoms with van der Waals surface area (Å²) in [6.07, 6.45) is 1.67. The fraction of sp³-hybridized carbons (Fsp3) is 0.375. The second-order valence-electron chi connectivity index (χ2n) is 5.18. The van der Waals surface area contributed by atoms with Crippen molar-refractivity contribution in [3.8, 4) is 0 Å². The third kappa shape index (κ3) is 3.48. The summed E-state index contributed by atoms with van der Waals surface area (Å²) in [6.45, 7) is 3.94. The molecule has 2 rings (SSSR count). The molecule has 106 valence electrons. The number of hydrogen-bond acceptors (Lipinski definition) is 2. The Kier molecular flexibility index (Phi) is 4.61. The fourth-order valence-electron chi connectivity index (χ4n) is 2.20. The lowest BCUT2D eigenvalue weighted by molar-refractivity contribution is -0.118. The van der Waals surface area contributed by atoms with Gasteiger partial charge in [0, 0.05) is 25.5 Å². The van der Waals surface area contributed by atoms with Gasteiger partial charge in [0.1, 0.15) is 10.9 Å². The number of benzene rings is 1. The van der Waals surface area contributed by atoms with E-state index >= 15 is 0 Å². The van der Waals surface area contributed by atoms with E-state index in [1.807, 2.05) is 6.92 Å². The smallest absolute Gasteiger partial charge is 0.137 e. The number of aryl methyl sites for hydroxylation is 4. The first-order chi connectivity index (χ1) is 9.47. The normalized spacial score (nSPS) is 10.8. The predicted octanol–water partition coefficient (Wildman–Crippen LogP) is 3.43. The monoisotopic (exact) mass is 290 g/mol. The maximum absolute atomic E-state index is 12.1. The molecule has 0 saturated carbocycles. The standard InChI is InChI=1S/C16H19ClN2O/c1-11-4-6-13(7-5-11)8-9-14(20)10-15-12(2)18-19(3)16(15)17/h4-7H,8-10H2,1-3H3. The maximum Gasteiger partial charge on any atom is 0.137 e. The van der Waals surface area contributed by atoms with Crippen molar-refractivity contribution in [3.05, 3.63) is 51.8 Å². The van der Waals surface area contributed by atoms with Crippen LogP contribution in [0.2, 0.25) is 5.15 Å². The molecule has 1 heterocycles. The lowest BCUT2D eigenvalue weighted by Crippen LogP contribution is -2.05. The molecule has 0 aliphatic rings. The highest BCUT2D eigenvalue weighted by atomic mass is 35.5. The lowest BCUT2D eigenvalue weighted by atomic mass is 10.0. The molecular formula is C16H19ClN2O. The van der Waals surface area contributed by atoms with Gasteiger partial charge in [0.05, 0.1) is 5.69 Å². The summed E-state index contributed by atoms with van der Waals surface area (Å²) < 4.78 is 1.61. The fourth-order valence-corrected chi connectivity index (χ4v) is 2.44. The van der Waals surface area contributed by atoms with Gasteiger partial charge in [-0.1, -0.05) is 41.4 Å². The van der Waals surface area contributed by atoms with Crippen LogP contribution in [0.3, 0.4) is 0 Å². The van der Waals surface area contributed by atoms with Gasteiger partial charge in [0.2, 0.25) is 0 Å². The summed E-state index contributed by atoms with van der Waals surface area (Å²) in [5.41, 5.74) is 4.11. The highest BCUT2D eigenvalue weighted by Crippen LogP contribution is 2.20. The van der Waals surface area contributed by atoms with Gasteiger partial charge in [0.15, 0.2) is 0 Å². The van der Waals surface area contributed by atoms with E-state index in [1.165, 1.54) is 11.1 Å². The van der Waals surface area contributed by atoms with Crippen molar-refractivity contribution < 1.29 is 4.79 Å². The van der Waals surface area contributed by atoms with E-state index in [1.54, 1.807) is 11.7 Å². The van der Waals surface area contributed by atoms with Gasteiger partial charge in [-0.3, -0.25) is 9.48 Å². The Hall–Kier alpha value is -1.61. The Morgan fingerprint density at radius 2 is 1.90 bits per heavy atom. The van der Waals surface area contributed by atoms with Crippen LogP contribution in [-0.2, 0) is 24.7 Å². The number of halogens is 1. The molecule has 0 fully saturated rings. The topological polar surface area (TPSA) is 34.9 Å². The number of Topliss-reactive ketones (excluding diaryl/α,β-unsaturated/α-hetero) is 1. The summed E-state index contributed by atoms with van der Waals surface area (Å²) in [5.74, 6) is 0.198. The first kappa shape index (κ1) is 14.8. The van der Waals surface area contributed by atoms with Crippen LogP contribution in [0.1, 0.15) is 28.8 Å². The molecule has 0 radical (unpaired) electrons. The molecule has 0 amide bonds. The molecule has 0 aliphatic carbocycles. The van der Waals surface area contributed by atoms with Gasteiger partial charge < -0.3 is 0 Å². The molecule has 20 heavy (non-hydrogen) atoms. The van der Waals surface area contributed by atoms with Crippen LogP contribution in [0, 0.1) is 13.8 Å². The van der Waals surface area contributed by atoms with Crippen molar-refractivity contribution in [1.29, 1.82) is 0 Å². The third-order valence-electron chi connectivity index (χ3n) is 3.46. The van der Waals surface area contributed by atoms with Crippen molar-refractivity contribution in [2.75, 3.05) is 0 Å². The van der Waals surface area contributed by atoms with Gasteiger partial charge in [0.25, 0.3) is 0 Å². The average Bonchev–Trinajstić information content (AvgIpc) is 2.65. The molecule has 0 N–H and O–H groups in total. The largest absolute Gasteiger partial charge is 0.299 e. The van der Waals surface area contributed by atoms with E-state index in [0.717, 1.165) is 17.7 Å². The molecule has 3 nitrogen and oxygen atoms in total. The number of aromatic nitrogens is 2. The SMILES string of the molecule is Cc1ccc(CCC(=O)Cc2c(C)nn(C)c2Cl)cc1. The van der Waals surface area contributed by atoms with E-state index in [2.05, 4.69) is 36.3 Å². The van der Waals surface area contributed by atoms with Gasteiger partial charge in [-0.25, -0.2) is 0 Å². The number of rotatable bonds is 5. The van der Waals surface area contributed by atoms with Crippen LogP contribution in [0.4, 0.5) is 0 Å². The molecule has 0 aliphatic heterocycles. The van der Waals surface area contributed by atoms with Crippen molar-refractivity contribution in [3.63, 3.8) is 0 Å². The van der Waals surface area contributed by atoms with Crippen LogP contribution in [0.25, 0.3) is 0 Å². The molecular weight excluding hydrogens is 272 g/mol. The Bertz CT molecular complexity index is 614. The Morgan fingerprint density at radius 1 is 1.25 bits per heavy atom. The van der Waals surface area contributed by atoms with Crippen LogP contribution in [-0.4, -0.2) is 15.6 Å². The van der Waals surface area contributed by atoms with Crippen molar-refractivity contribution in [2.24, 2.45) is 7.05 Å². The molecule has 0 bridgehead atoms. The number of hydrogen-bond donors (Lipinski definition) is 0. The summed E-state index contributed by atoms with van der Waals surface area (Å²) in [5, 5.41) is 4.79. The van der Waals surface area contributed by atoms with Crippen molar-refractivity contribution >= 4 is 17.4 Å². The third-order valence-corrected chi connectivity index (χ3v) is 3.93. The highest BCUT2D eigenvalue weighted by molar-refractivity contribution is 6.30. The minimum absolute atomic E-state index is 0.198. The molecule has 0 saturated heterocycles. The van der Waals surface area contributed by atoms with Gasteiger partial charge >= 0.3 is 0 Å². The number of ketones is 1. The minimum Gasteiger partial charge on any atom is -0.299 e. The Labute approximate surface area is 124 Å². The number of carbonyl (C=O) groups is 1. The van der Waals surface area contributed by atoms with Crippen molar-refractivity contribution in [1.82, 2.24) is 9.78 Å². The van der Waals surface area contributed by atoms with Gasteiger partial charge in [-0.05, 0) is 25.8 Å². The summed E-state index contributed by atoms with van der Waals surface area (Å²) in [4.78, 5) is 12.1. The van der Waals surface area contributed by atoms with Crippen molar-refractivity contribution in [2.45, 2.75) is 33.1 Å². The Morgan fingerprint density at radius 3 is 2.45 bits per heavy atom. The zero-order valence-electron chi connectivity index (χ0n) is 12.1.